The zero-order valence-electron chi connectivity index (χ0n) is 13.6. The summed E-state index contributed by atoms with van der Waals surface area (Å²) < 4.78 is 16.2. The Kier molecular flexibility index (Phi) is 6.76. The Balaban J connectivity index is 0.00000192. The number of halogens is 1. The molecule has 1 N–H and O–H groups in total. The molecule has 2 aliphatic rings. The van der Waals surface area contributed by atoms with Crippen molar-refractivity contribution in [1.82, 2.24) is 10.2 Å². The van der Waals surface area contributed by atoms with E-state index < -0.39 is 0 Å². The number of nitrogens with one attached hydrogen (secondary N) is 1. The number of guanidine groups is 1. The fraction of sp³-hybridized carbons (Fsp3) is 0.562. The molecule has 128 valence electrons. The van der Waals surface area contributed by atoms with Gasteiger partial charge in [0.25, 0.3) is 0 Å². The van der Waals surface area contributed by atoms with Crippen molar-refractivity contribution < 1.29 is 14.2 Å². The average Bonchev–Trinajstić information content (AvgIpc) is 3.18. The van der Waals surface area contributed by atoms with Crippen LogP contribution in [-0.2, 0) is 11.3 Å². The molecule has 1 aromatic rings. The monoisotopic (exact) mass is 433 g/mol. The molecule has 23 heavy (non-hydrogen) atoms. The van der Waals surface area contributed by atoms with E-state index in [2.05, 4.69) is 22.3 Å². The molecule has 0 saturated carbocycles. The molecule has 1 aromatic carbocycles. The Labute approximate surface area is 154 Å². The highest BCUT2D eigenvalue weighted by atomic mass is 127. The number of rotatable bonds is 4. The topological polar surface area (TPSA) is 55.3 Å². The van der Waals surface area contributed by atoms with Gasteiger partial charge in [-0.3, -0.25) is 4.99 Å². The number of benzene rings is 1. The lowest BCUT2D eigenvalue weighted by atomic mass is 10.1. The Hall–Kier alpha value is -1.22. The van der Waals surface area contributed by atoms with Gasteiger partial charge in [0, 0.05) is 39.7 Å². The predicted molar refractivity (Wildman–Crippen MR) is 99.7 cm³/mol. The molecule has 6 nitrogen and oxygen atoms in total. The molecular weight excluding hydrogens is 409 g/mol. The fourth-order valence-electron chi connectivity index (χ4n) is 2.82. The third-order valence-corrected chi connectivity index (χ3v) is 4.02. The van der Waals surface area contributed by atoms with Crippen molar-refractivity contribution in [2.24, 2.45) is 10.9 Å². The van der Waals surface area contributed by atoms with Crippen LogP contribution >= 0.6 is 24.0 Å². The normalized spacial score (nSPS) is 19.4. The summed E-state index contributed by atoms with van der Waals surface area (Å²) in [4.78, 5) is 6.51. The van der Waals surface area contributed by atoms with Gasteiger partial charge in [-0.15, -0.1) is 24.0 Å². The molecule has 0 spiro atoms. The lowest BCUT2D eigenvalue weighted by Gasteiger charge is -2.24. The Morgan fingerprint density at radius 1 is 1.35 bits per heavy atom. The third kappa shape index (κ3) is 4.63. The maximum Gasteiger partial charge on any atom is 0.231 e. The summed E-state index contributed by atoms with van der Waals surface area (Å²) in [6.45, 7) is 3.70. The molecule has 0 bridgehead atoms. The van der Waals surface area contributed by atoms with Crippen molar-refractivity contribution in [3.63, 3.8) is 0 Å². The molecule has 0 radical (unpaired) electrons. The Bertz CT molecular complexity index is 547. The second-order valence-electron chi connectivity index (χ2n) is 5.70. The van der Waals surface area contributed by atoms with Crippen LogP contribution < -0.4 is 14.8 Å². The minimum atomic E-state index is 0. The largest absolute Gasteiger partial charge is 0.454 e. The van der Waals surface area contributed by atoms with Crippen molar-refractivity contribution in [1.29, 1.82) is 0 Å². The minimum Gasteiger partial charge on any atom is -0.454 e. The highest BCUT2D eigenvalue weighted by Gasteiger charge is 2.19. The zero-order chi connectivity index (χ0) is 15.4. The molecule has 0 amide bonds. The second kappa shape index (κ2) is 8.58. The number of hydrogen-bond donors (Lipinski definition) is 1. The molecule has 1 saturated heterocycles. The molecule has 0 aliphatic carbocycles. The van der Waals surface area contributed by atoms with Gasteiger partial charge in [-0.1, -0.05) is 6.07 Å². The van der Waals surface area contributed by atoms with E-state index in [-0.39, 0.29) is 24.0 Å². The molecule has 2 aliphatic heterocycles. The van der Waals surface area contributed by atoms with Crippen LogP contribution in [0.3, 0.4) is 0 Å². The van der Waals surface area contributed by atoms with Gasteiger partial charge in [0.1, 0.15) is 0 Å². The number of nitrogens with zero attached hydrogens (tertiary/aromatic N) is 2. The van der Waals surface area contributed by atoms with E-state index in [9.17, 15) is 0 Å². The Morgan fingerprint density at radius 2 is 2.17 bits per heavy atom. The number of ether oxygens (including phenoxy) is 3. The quantitative estimate of drug-likeness (QED) is 0.448. The predicted octanol–water partition coefficient (Wildman–Crippen LogP) is 2.08. The van der Waals surface area contributed by atoms with E-state index in [1.54, 1.807) is 0 Å². The molecule has 3 rings (SSSR count). The van der Waals surface area contributed by atoms with E-state index in [0.717, 1.165) is 49.2 Å². The first-order chi connectivity index (χ1) is 10.8. The van der Waals surface area contributed by atoms with Crippen LogP contribution in [-0.4, -0.2) is 51.5 Å². The van der Waals surface area contributed by atoms with E-state index in [1.807, 2.05) is 25.2 Å². The minimum absolute atomic E-state index is 0. The van der Waals surface area contributed by atoms with Gasteiger partial charge in [0.15, 0.2) is 17.5 Å². The fourth-order valence-corrected chi connectivity index (χ4v) is 2.82. The van der Waals surface area contributed by atoms with Gasteiger partial charge in [-0.25, -0.2) is 0 Å². The Morgan fingerprint density at radius 3 is 2.91 bits per heavy atom. The van der Waals surface area contributed by atoms with Crippen LogP contribution in [0.4, 0.5) is 0 Å². The zero-order valence-corrected chi connectivity index (χ0v) is 15.9. The van der Waals surface area contributed by atoms with E-state index >= 15 is 0 Å². The number of fused-ring (bicyclic) bond motifs is 1. The van der Waals surface area contributed by atoms with Gasteiger partial charge in [0.2, 0.25) is 6.79 Å². The summed E-state index contributed by atoms with van der Waals surface area (Å²) >= 11 is 0. The molecule has 7 heteroatoms. The van der Waals surface area contributed by atoms with Gasteiger partial charge in [-0.2, -0.15) is 0 Å². The van der Waals surface area contributed by atoms with Crippen LogP contribution in [0.15, 0.2) is 23.2 Å². The second-order valence-corrected chi connectivity index (χ2v) is 5.70. The van der Waals surface area contributed by atoms with Crippen molar-refractivity contribution in [3.8, 4) is 11.5 Å². The van der Waals surface area contributed by atoms with Crippen molar-refractivity contribution in [2.75, 3.05) is 40.6 Å². The standard InChI is InChI=1S/C16H23N3O3.HI/c1-17-16(19(2)9-13-5-6-20-10-13)18-8-12-3-4-14-15(7-12)22-11-21-14;/h3-4,7,13H,5-6,8-11H2,1-2H3,(H,17,18);1H. The van der Waals surface area contributed by atoms with Crippen molar-refractivity contribution in [3.05, 3.63) is 23.8 Å². The van der Waals surface area contributed by atoms with Gasteiger partial charge in [-0.05, 0) is 24.1 Å². The smallest absolute Gasteiger partial charge is 0.231 e. The van der Waals surface area contributed by atoms with E-state index in [1.165, 1.54) is 0 Å². The van der Waals surface area contributed by atoms with Gasteiger partial charge >= 0.3 is 0 Å². The van der Waals surface area contributed by atoms with E-state index in [4.69, 9.17) is 14.2 Å². The van der Waals surface area contributed by atoms with Crippen LogP contribution in [0, 0.1) is 5.92 Å². The molecule has 1 atom stereocenters. The van der Waals surface area contributed by atoms with E-state index in [0.29, 0.717) is 19.3 Å². The average molecular weight is 433 g/mol. The highest BCUT2D eigenvalue weighted by molar-refractivity contribution is 14.0. The van der Waals surface area contributed by atoms with Crippen LogP contribution in [0.1, 0.15) is 12.0 Å². The van der Waals surface area contributed by atoms with Crippen LogP contribution in [0.25, 0.3) is 0 Å². The van der Waals surface area contributed by atoms with Gasteiger partial charge < -0.3 is 24.4 Å². The summed E-state index contributed by atoms with van der Waals surface area (Å²) in [7, 11) is 3.87. The first kappa shape index (κ1) is 18.1. The molecule has 0 aromatic heterocycles. The summed E-state index contributed by atoms with van der Waals surface area (Å²) in [6.07, 6.45) is 1.13. The summed E-state index contributed by atoms with van der Waals surface area (Å²) in [5.74, 6) is 3.11. The van der Waals surface area contributed by atoms with Gasteiger partial charge in [0.05, 0.1) is 6.61 Å². The highest BCUT2D eigenvalue weighted by Crippen LogP contribution is 2.32. The van der Waals surface area contributed by atoms with Crippen LogP contribution in [0.2, 0.25) is 0 Å². The molecular formula is C16H24IN3O3. The molecule has 1 unspecified atom stereocenters. The summed E-state index contributed by atoms with van der Waals surface area (Å²) in [6, 6.07) is 5.99. The number of aliphatic imine (C=N–C) groups is 1. The van der Waals surface area contributed by atoms with Crippen molar-refractivity contribution in [2.45, 2.75) is 13.0 Å². The molecule has 2 heterocycles. The maximum atomic E-state index is 5.43. The van der Waals surface area contributed by atoms with Crippen LogP contribution in [0.5, 0.6) is 11.5 Å². The number of hydrogen-bond acceptors (Lipinski definition) is 4. The molecule has 1 fully saturated rings. The first-order valence-electron chi connectivity index (χ1n) is 7.64. The third-order valence-electron chi connectivity index (χ3n) is 4.02. The summed E-state index contributed by atoms with van der Waals surface area (Å²) in [5.41, 5.74) is 1.14. The summed E-state index contributed by atoms with van der Waals surface area (Å²) in [5, 5.41) is 3.39. The van der Waals surface area contributed by atoms with Crippen molar-refractivity contribution >= 4 is 29.9 Å². The lowest BCUT2D eigenvalue weighted by molar-refractivity contribution is 0.174. The first-order valence-corrected chi connectivity index (χ1v) is 7.64. The lowest BCUT2D eigenvalue weighted by Crippen LogP contribution is -2.41. The maximum absolute atomic E-state index is 5.43. The SMILES string of the molecule is CN=C(NCc1ccc2c(c1)OCO2)N(C)CC1CCOC1.I.